The molecule has 4 N–H and O–H groups in total. The van der Waals surface area contributed by atoms with E-state index in [9.17, 15) is 13.2 Å². The highest BCUT2D eigenvalue weighted by Crippen LogP contribution is 2.25. The van der Waals surface area contributed by atoms with Gasteiger partial charge in [0.05, 0.1) is 29.0 Å². The molecule has 0 aliphatic carbocycles. The van der Waals surface area contributed by atoms with Gasteiger partial charge in [-0.3, -0.25) is 4.79 Å². The van der Waals surface area contributed by atoms with Gasteiger partial charge in [-0.2, -0.15) is 0 Å². The maximum atomic E-state index is 11.5. The van der Waals surface area contributed by atoms with Gasteiger partial charge in [0.2, 0.25) is 0 Å². The van der Waals surface area contributed by atoms with Crippen molar-refractivity contribution >= 4 is 27.2 Å². The molecule has 1 unspecified atom stereocenters. The molecule has 1 atom stereocenters. The van der Waals surface area contributed by atoms with Gasteiger partial charge in [0.25, 0.3) is 5.91 Å². The Bertz CT molecular complexity index is 614. The first-order valence-electron chi connectivity index (χ1n) is 5.79. The monoisotopic (exact) mass is 284 g/mol. The maximum Gasteiger partial charge on any atom is 0.252 e. The van der Waals surface area contributed by atoms with Gasteiger partial charge in [0.1, 0.15) is 5.82 Å². The van der Waals surface area contributed by atoms with Crippen LogP contribution in [-0.4, -0.2) is 43.9 Å². The molecule has 1 aliphatic rings. The van der Waals surface area contributed by atoms with E-state index in [1.165, 1.54) is 12.3 Å². The second-order valence-corrected chi connectivity index (χ2v) is 6.90. The Hall–Kier alpha value is -1.83. The van der Waals surface area contributed by atoms with Crippen LogP contribution < -0.4 is 16.4 Å². The fourth-order valence-electron chi connectivity index (χ4n) is 2.19. The average Bonchev–Trinajstić information content (AvgIpc) is 2.68. The predicted molar refractivity (Wildman–Crippen MR) is 72.6 cm³/mol. The molecule has 1 aliphatic heterocycles. The number of aromatic nitrogens is 1. The van der Waals surface area contributed by atoms with Crippen LogP contribution >= 0.6 is 0 Å². The molecular formula is C11H16N4O3S. The predicted octanol–water partition coefficient (Wildman–Crippen LogP) is -0.614. The first kappa shape index (κ1) is 13.6. The number of amides is 1. The molecule has 0 radical (unpaired) electrons. The number of nitrogens with zero attached hydrogens (tertiary/aromatic N) is 2. The summed E-state index contributed by atoms with van der Waals surface area (Å²) in [5.74, 6) is -0.0530. The number of anilines is 2. The molecule has 0 bridgehead atoms. The lowest BCUT2D eigenvalue weighted by molar-refractivity contribution is 0.100. The summed E-state index contributed by atoms with van der Waals surface area (Å²) in [7, 11) is -1.30. The van der Waals surface area contributed by atoms with Gasteiger partial charge in [-0.1, -0.05) is 0 Å². The molecule has 7 nitrogen and oxygen atoms in total. The van der Waals surface area contributed by atoms with E-state index in [1.807, 2.05) is 0 Å². The van der Waals surface area contributed by atoms with Crippen LogP contribution in [0.5, 0.6) is 0 Å². The van der Waals surface area contributed by atoms with Crippen LogP contribution in [0, 0.1) is 0 Å². The van der Waals surface area contributed by atoms with Crippen molar-refractivity contribution in [1.82, 2.24) is 4.98 Å². The van der Waals surface area contributed by atoms with E-state index in [-0.39, 0.29) is 23.1 Å². The molecule has 1 amide bonds. The third-order valence-electron chi connectivity index (χ3n) is 3.24. The summed E-state index contributed by atoms with van der Waals surface area (Å²) >= 11 is 0. The number of primary amides is 1. The SMILES string of the molecule is CN(c1ncc(N)cc1C(N)=O)C1CCS(=O)(=O)C1. The van der Waals surface area contributed by atoms with Crippen molar-refractivity contribution in [3.8, 4) is 0 Å². The summed E-state index contributed by atoms with van der Waals surface area (Å²) in [6.45, 7) is 0. The van der Waals surface area contributed by atoms with E-state index in [0.717, 1.165) is 0 Å². The first-order chi connectivity index (χ1) is 8.80. The van der Waals surface area contributed by atoms with Crippen LogP contribution in [-0.2, 0) is 9.84 Å². The zero-order valence-electron chi connectivity index (χ0n) is 10.5. The molecule has 19 heavy (non-hydrogen) atoms. The van der Waals surface area contributed by atoms with Crippen molar-refractivity contribution in [2.24, 2.45) is 5.73 Å². The molecule has 1 aromatic rings. The van der Waals surface area contributed by atoms with E-state index in [1.54, 1.807) is 11.9 Å². The van der Waals surface area contributed by atoms with Crippen LogP contribution in [0.1, 0.15) is 16.8 Å². The van der Waals surface area contributed by atoms with Gasteiger partial charge >= 0.3 is 0 Å². The van der Waals surface area contributed by atoms with Gasteiger partial charge < -0.3 is 16.4 Å². The van der Waals surface area contributed by atoms with Crippen LogP contribution in [0.25, 0.3) is 0 Å². The lowest BCUT2D eigenvalue weighted by Gasteiger charge is -2.26. The molecule has 0 saturated carbocycles. The van der Waals surface area contributed by atoms with E-state index < -0.39 is 15.7 Å². The minimum Gasteiger partial charge on any atom is -0.397 e. The highest BCUT2D eigenvalue weighted by Gasteiger charge is 2.32. The summed E-state index contributed by atoms with van der Waals surface area (Å²) < 4.78 is 23.0. The summed E-state index contributed by atoms with van der Waals surface area (Å²) in [5, 5.41) is 0. The minimum atomic E-state index is -3.00. The quantitative estimate of drug-likeness (QED) is 0.764. The third kappa shape index (κ3) is 2.78. The molecule has 2 rings (SSSR count). The molecule has 104 valence electrons. The highest BCUT2D eigenvalue weighted by molar-refractivity contribution is 7.91. The highest BCUT2D eigenvalue weighted by atomic mass is 32.2. The van der Waals surface area contributed by atoms with E-state index in [2.05, 4.69) is 4.98 Å². The number of carbonyl (C=O) groups excluding carboxylic acids is 1. The Balaban J connectivity index is 2.34. The number of hydrogen-bond acceptors (Lipinski definition) is 6. The Morgan fingerprint density at radius 1 is 1.53 bits per heavy atom. The molecule has 1 saturated heterocycles. The molecule has 0 aromatic carbocycles. The van der Waals surface area contributed by atoms with Crippen molar-refractivity contribution in [3.05, 3.63) is 17.8 Å². The number of carbonyl (C=O) groups is 1. The van der Waals surface area contributed by atoms with Crippen molar-refractivity contribution in [1.29, 1.82) is 0 Å². The van der Waals surface area contributed by atoms with Gasteiger partial charge in [-0.15, -0.1) is 0 Å². The molecule has 0 spiro atoms. The lowest BCUT2D eigenvalue weighted by Crippen LogP contribution is -2.35. The van der Waals surface area contributed by atoms with Gasteiger partial charge in [-0.05, 0) is 12.5 Å². The van der Waals surface area contributed by atoms with Gasteiger partial charge in [-0.25, -0.2) is 13.4 Å². The molecule has 2 heterocycles. The second kappa shape index (κ2) is 4.69. The zero-order chi connectivity index (χ0) is 14.2. The fraction of sp³-hybridized carbons (Fsp3) is 0.455. The van der Waals surface area contributed by atoms with Crippen LogP contribution in [0.15, 0.2) is 12.3 Å². The average molecular weight is 284 g/mol. The van der Waals surface area contributed by atoms with E-state index in [0.29, 0.717) is 17.9 Å². The minimum absolute atomic E-state index is 0.0633. The molecule has 8 heteroatoms. The second-order valence-electron chi connectivity index (χ2n) is 4.67. The molecule has 1 aromatic heterocycles. The Morgan fingerprint density at radius 2 is 2.21 bits per heavy atom. The number of sulfone groups is 1. The van der Waals surface area contributed by atoms with Gasteiger partial charge in [0.15, 0.2) is 9.84 Å². The van der Waals surface area contributed by atoms with Crippen molar-refractivity contribution in [2.75, 3.05) is 29.2 Å². The van der Waals surface area contributed by atoms with E-state index >= 15 is 0 Å². The van der Waals surface area contributed by atoms with Crippen LogP contribution in [0.2, 0.25) is 0 Å². The van der Waals surface area contributed by atoms with Crippen LogP contribution in [0.3, 0.4) is 0 Å². The Labute approximate surface area is 111 Å². The summed E-state index contributed by atoms with van der Waals surface area (Å²) in [6, 6.07) is 1.25. The maximum absolute atomic E-state index is 11.5. The lowest BCUT2D eigenvalue weighted by atomic mass is 10.1. The Morgan fingerprint density at radius 3 is 2.74 bits per heavy atom. The molecule has 1 fully saturated rings. The number of nitrogen functional groups attached to an aromatic ring is 1. The topological polar surface area (TPSA) is 119 Å². The standard InChI is InChI=1S/C11H16N4O3S/c1-15(8-2-3-19(17,18)6-8)11-9(10(13)16)4-7(12)5-14-11/h4-5,8H,2-3,6,12H2,1H3,(H2,13,16). The fourth-order valence-corrected chi connectivity index (χ4v) is 3.96. The van der Waals surface area contributed by atoms with Crippen molar-refractivity contribution in [2.45, 2.75) is 12.5 Å². The molecular weight excluding hydrogens is 268 g/mol. The first-order valence-corrected chi connectivity index (χ1v) is 7.61. The number of pyridine rings is 1. The summed E-state index contributed by atoms with van der Waals surface area (Å²) in [5.41, 5.74) is 11.4. The normalized spacial score (nSPS) is 21.2. The van der Waals surface area contributed by atoms with Crippen LogP contribution in [0.4, 0.5) is 11.5 Å². The van der Waals surface area contributed by atoms with Crippen molar-refractivity contribution < 1.29 is 13.2 Å². The largest absolute Gasteiger partial charge is 0.397 e. The van der Waals surface area contributed by atoms with Crippen molar-refractivity contribution in [3.63, 3.8) is 0 Å². The summed E-state index contributed by atoms with van der Waals surface area (Å²) in [4.78, 5) is 17.2. The number of nitrogens with two attached hydrogens (primary N) is 2. The zero-order valence-corrected chi connectivity index (χ0v) is 11.4. The van der Waals surface area contributed by atoms with Gasteiger partial charge in [0, 0.05) is 13.1 Å². The third-order valence-corrected chi connectivity index (χ3v) is 4.99. The number of hydrogen-bond donors (Lipinski definition) is 2. The smallest absolute Gasteiger partial charge is 0.252 e. The Kier molecular flexibility index (Phi) is 3.36. The summed E-state index contributed by atoms with van der Waals surface area (Å²) in [6.07, 6.45) is 1.94. The van der Waals surface area contributed by atoms with E-state index in [4.69, 9.17) is 11.5 Å². The number of rotatable bonds is 3.